The number of hydrogen-bond donors (Lipinski definition) is 1. The molecule has 16 heavy (non-hydrogen) atoms. The Labute approximate surface area is 99.0 Å². The lowest BCUT2D eigenvalue weighted by molar-refractivity contribution is 0.0673. The van der Waals surface area contributed by atoms with E-state index >= 15 is 0 Å². The zero-order valence-electron chi connectivity index (χ0n) is 11.0. The van der Waals surface area contributed by atoms with Gasteiger partial charge >= 0.3 is 0 Å². The van der Waals surface area contributed by atoms with Gasteiger partial charge < -0.3 is 10.1 Å². The number of likely N-dealkylation sites (N-methyl/N-ethyl adjacent to an activating group) is 1. The van der Waals surface area contributed by atoms with Gasteiger partial charge in [0.05, 0.1) is 12.1 Å². The van der Waals surface area contributed by atoms with Crippen LogP contribution < -0.4 is 5.32 Å². The molecule has 0 fully saturated rings. The van der Waals surface area contributed by atoms with E-state index < -0.39 is 0 Å². The summed E-state index contributed by atoms with van der Waals surface area (Å²) < 4.78 is 5.54. The molecule has 90 valence electrons. The standard InChI is InChI=1S/C14H23NO/c1-6-13(16-5)14(15-4)12-9-7-8-10(2)11(12)3/h7-9,13-15H,6H2,1-5H3. The van der Waals surface area contributed by atoms with Crippen LogP contribution in [0.25, 0.3) is 0 Å². The average Bonchev–Trinajstić information content (AvgIpc) is 2.30. The second kappa shape index (κ2) is 6.02. The van der Waals surface area contributed by atoms with Crippen LogP contribution >= 0.6 is 0 Å². The largest absolute Gasteiger partial charge is 0.379 e. The van der Waals surface area contributed by atoms with Gasteiger partial charge in [0, 0.05) is 7.11 Å². The van der Waals surface area contributed by atoms with Gasteiger partial charge in [-0.1, -0.05) is 25.1 Å². The highest BCUT2D eigenvalue weighted by molar-refractivity contribution is 5.35. The Hall–Kier alpha value is -0.860. The third-order valence-electron chi connectivity index (χ3n) is 3.37. The molecule has 1 aromatic carbocycles. The van der Waals surface area contributed by atoms with Gasteiger partial charge in [0.15, 0.2) is 0 Å². The first-order chi connectivity index (χ1) is 7.65. The molecule has 2 atom stereocenters. The molecule has 2 nitrogen and oxygen atoms in total. The minimum Gasteiger partial charge on any atom is -0.379 e. The van der Waals surface area contributed by atoms with Gasteiger partial charge in [0.2, 0.25) is 0 Å². The lowest BCUT2D eigenvalue weighted by atomic mass is 9.93. The molecule has 0 bridgehead atoms. The first kappa shape index (κ1) is 13.2. The van der Waals surface area contributed by atoms with Crippen molar-refractivity contribution in [2.45, 2.75) is 39.3 Å². The molecule has 0 aliphatic rings. The molecule has 0 aliphatic heterocycles. The van der Waals surface area contributed by atoms with Crippen LogP contribution in [0.15, 0.2) is 18.2 Å². The number of hydrogen-bond acceptors (Lipinski definition) is 2. The maximum absolute atomic E-state index is 5.54. The van der Waals surface area contributed by atoms with E-state index in [4.69, 9.17) is 4.74 Å². The van der Waals surface area contributed by atoms with Crippen molar-refractivity contribution in [3.05, 3.63) is 34.9 Å². The Morgan fingerprint density at radius 2 is 2.00 bits per heavy atom. The van der Waals surface area contributed by atoms with Gasteiger partial charge in [-0.05, 0) is 44.0 Å². The Morgan fingerprint density at radius 3 is 2.50 bits per heavy atom. The maximum Gasteiger partial charge on any atom is 0.0763 e. The highest BCUT2D eigenvalue weighted by Gasteiger charge is 2.21. The fourth-order valence-corrected chi connectivity index (χ4v) is 2.19. The van der Waals surface area contributed by atoms with Crippen molar-refractivity contribution in [3.63, 3.8) is 0 Å². The molecule has 0 spiro atoms. The second-order valence-electron chi connectivity index (χ2n) is 4.24. The molecule has 1 N–H and O–H groups in total. The molecule has 0 radical (unpaired) electrons. The van der Waals surface area contributed by atoms with Gasteiger partial charge in [0.1, 0.15) is 0 Å². The number of benzene rings is 1. The first-order valence-corrected chi connectivity index (χ1v) is 5.91. The molecule has 0 amide bonds. The first-order valence-electron chi connectivity index (χ1n) is 5.91. The summed E-state index contributed by atoms with van der Waals surface area (Å²) in [5, 5.41) is 3.36. The predicted octanol–water partition coefficient (Wildman–Crippen LogP) is 2.99. The zero-order chi connectivity index (χ0) is 12.1. The highest BCUT2D eigenvalue weighted by Crippen LogP contribution is 2.25. The number of ether oxygens (including phenoxy) is 1. The number of aryl methyl sites for hydroxylation is 1. The van der Waals surface area contributed by atoms with E-state index in [0.29, 0.717) is 0 Å². The summed E-state index contributed by atoms with van der Waals surface area (Å²) in [5.41, 5.74) is 4.04. The van der Waals surface area contributed by atoms with Crippen molar-refractivity contribution < 1.29 is 4.74 Å². The molecular formula is C14H23NO. The van der Waals surface area contributed by atoms with Crippen molar-refractivity contribution in [3.8, 4) is 0 Å². The van der Waals surface area contributed by atoms with E-state index in [9.17, 15) is 0 Å². The highest BCUT2D eigenvalue weighted by atomic mass is 16.5. The van der Waals surface area contributed by atoms with E-state index in [1.54, 1.807) is 7.11 Å². The van der Waals surface area contributed by atoms with Crippen molar-refractivity contribution in [2.24, 2.45) is 0 Å². The van der Waals surface area contributed by atoms with Crippen LogP contribution in [-0.2, 0) is 4.74 Å². The van der Waals surface area contributed by atoms with E-state index in [1.165, 1.54) is 16.7 Å². The van der Waals surface area contributed by atoms with Gasteiger partial charge in [0.25, 0.3) is 0 Å². The Bertz CT molecular complexity index is 332. The van der Waals surface area contributed by atoms with Crippen LogP contribution in [0.1, 0.15) is 36.1 Å². The van der Waals surface area contributed by atoms with Crippen LogP contribution in [0.2, 0.25) is 0 Å². The van der Waals surface area contributed by atoms with E-state index in [2.05, 4.69) is 44.3 Å². The maximum atomic E-state index is 5.54. The molecular weight excluding hydrogens is 198 g/mol. The summed E-state index contributed by atoms with van der Waals surface area (Å²) in [5.74, 6) is 0. The molecule has 1 aromatic rings. The SMILES string of the molecule is CCC(OC)C(NC)c1cccc(C)c1C. The van der Waals surface area contributed by atoms with Crippen molar-refractivity contribution >= 4 is 0 Å². The van der Waals surface area contributed by atoms with Crippen LogP contribution in [-0.4, -0.2) is 20.3 Å². The molecule has 1 rings (SSSR count). The van der Waals surface area contributed by atoms with Crippen LogP contribution in [0, 0.1) is 13.8 Å². The van der Waals surface area contributed by atoms with Crippen LogP contribution in [0.5, 0.6) is 0 Å². The minimum absolute atomic E-state index is 0.227. The van der Waals surface area contributed by atoms with E-state index in [1.807, 2.05) is 7.05 Å². The number of methoxy groups -OCH3 is 1. The third-order valence-corrected chi connectivity index (χ3v) is 3.37. The fourth-order valence-electron chi connectivity index (χ4n) is 2.19. The molecule has 2 heteroatoms. The smallest absolute Gasteiger partial charge is 0.0763 e. The second-order valence-corrected chi connectivity index (χ2v) is 4.24. The fraction of sp³-hybridized carbons (Fsp3) is 0.571. The summed E-state index contributed by atoms with van der Waals surface area (Å²) >= 11 is 0. The lowest BCUT2D eigenvalue weighted by Crippen LogP contribution is -2.31. The molecule has 0 saturated carbocycles. The van der Waals surface area contributed by atoms with Crippen LogP contribution in [0.4, 0.5) is 0 Å². The quantitative estimate of drug-likeness (QED) is 0.825. The minimum atomic E-state index is 0.227. The summed E-state index contributed by atoms with van der Waals surface area (Å²) in [6, 6.07) is 6.73. The Morgan fingerprint density at radius 1 is 1.31 bits per heavy atom. The summed E-state index contributed by atoms with van der Waals surface area (Å²) in [4.78, 5) is 0. The summed E-state index contributed by atoms with van der Waals surface area (Å²) in [6.07, 6.45) is 1.24. The molecule has 0 saturated heterocycles. The van der Waals surface area contributed by atoms with Crippen LogP contribution in [0.3, 0.4) is 0 Å². The molecule has 0 heterocycles. The molecule has 2 unspecified atom stereocenters. The van der Waals surface area contributed by atoms with Gasteiger partial charge in [-0.25, -0.2) is 0 Å². The Kier molecular flexibility index (Phi) is 4.97. The van der Waals surface area contributed by atoms with E-state index in [-0.39, 0.29) is 12.1 Å². The summed E-state index contributed by atoms with van der Waals surface area (Å²) in [6.45, 7) is 6.49. The van der Waals surface area contributed by atoms with Gasteiger partial charge in [-0.15, -0.1) is 0 Å². The van der Waals surface area contributed by atoms with Crippen molar-refractivity contribution in [2.75, 3.05) is 14.2 Å². The lowest BCUT2D eigenvalue weighted by Gasteiger charge is -2.27. The van der Waals surface area contributed by atoms with E-state index in [0.717, 1.165) is 6.42 Å². The van der Waals surface area contributed by atoms with Crippen molar-refractivity contribution in [1.82, 2.24) is 5.32 Å². The number of nitrogens with one attached hydrogen (secondary N) is 1. The Balaban J connectivity index is 3.07. The van der Waals surface area contributed by atoms with Crippen molar-refractivity contribution in [1.29, 1.82) is 0 Å². The van der Waals surface area contributed by atoms with Gasteiger partial charge in [-0.2, -0.15) is 0 Å². The average molecular weight is 221 g/mol. The molecule has 0 aliphatic carbocycles. The predicted molar refractivity (Wildman–Crippen MR) is 68.8 cm³/mol. The normalized spacial score (nSPS) is 14.8. The number of rotatable bonds is 5. The topological polar surface area (TPSA) is 21.3 Å². The zero-order valence-corrected chi connectivity index (χ0v) is 11.0. The van der Waals surface area contributed by atoms with Gasteiger partial charge in [-0.3, -0.25) is 0 Å². The summed E-state index contributed by atoms with van der Waals surface area (Å²) in [7, 11) is 3.78. The molecule has 0 aromatic heterocycles. The monoisotopic (exact) mass is 221 g/mol. The third kappa shape index (κ3) is 2.63.